The van der Waals surface area contributed by atoms with Crippen molar-refractivity contribution in [3.8, 4) is 12.1 Å². The maximum absolute atomic E-state index is 13.9. The minimum Gasteiger partial charge on any atom is -0.467 e. The number of nitrogen functional groups attached to an aromatic ring is 1. The van der Waals surface area contributed by atoms with Crippen LogP contribution in [0.15, 0.2) is 24.0 Å². The van der Waals surface area contributed by atoms with Crippen molar-refractivity contribution in [1.29, 1.82) is 5.26 Å². The first kappa shape index (κ1) is 32.0. The number of fused-ring (bicyclic) bond motifs is 2. The van der Waals surface area contributed by atoms with Gasteiger partial charge in [0.1, 0.15) is 5.82 Å². The fraction of sp³-hybridized carbons (Fsp3) is 0.594. The molecule has 0 bridgehead atoms. The summed E-state index contributed by atoms with van der Waals surface area (Å²) in [7, 11) is 1.46. The number of halogens is 4. The molecule has 0 spiro atoms. The van der Waals surface area contributed by atoms with Crippen molar-refractivity contribution in [2.45, 2.75) is 77.3 Å². The predicted octanol–water partition coefficient (Wildman–Crippen LogP) is 6.29. The van der Waals surface area contributed by atoms with Gasteiger partial charge < -0.3 is 20.1 Å². The number of hydrogen-bond acceptors (Lipinski definition) is 8. The third-order valence-electron chi connectivity index (χ3n) is 9.04. The highest BCUT2D eigenvalue weighted by Crippen LogP contribution is 2.43. The summed E-state index contributed by atoms with van der Waals surface area (Å²) < 4.78 is 65.0. The summed E-state index contributed by atoms with van der Waals surface area (Å²) in [5.41, 5.74) is 7.83. The third kappa shape index (κ3) is 6.94. The quantitative estimate of drug-likeness (QED) is 0.316. The van der Waals surface area contributed by atoms with Gasteiger partial charge in [0.2, 0.25) is 0 Å². The van der Waals surface area contributed by atoms with Crippen LogP contribution >= 0.6 is 0 Å². The number of aryl methyl sites for hydroxylation is 1. The van der Waals surface area contributed by atoms with Gasteiger partial charge in [-0.25, -0.2) is 4.39 Å². The monoisotopic (exact) mass is 616 g/mol. The number of aromatic nitrogens is 2. The Morgan fingerprint density at radius 2 is 2.02 bits per heavy atom. The zero-order valence-electron chi connectivity index (χ0n) is 25.5. The normalized spacial score (nSPS) is 26.0. The van der Waals surface area contributed by atoms with Gasteiger partial charge >= 0.3 is 12.2 Å². The van der Waals surface area contributed by atoms with E-state index in [-0.39, 0.29) is 41.8 Å². The number of alkyl halides is 3. The lowest BCUT2D eigenvalue weighted by Gasteiger charge is -2.38. The second-order valence-corrected chi connectivity index (χ2v) is 12.5. The molecule has 4 aliphatic heterocycles. The number of nitrogens with zero attached hydrogens (tertiary/aromatic N) is 5. The molecule has 4 unspecified atom stereocenters. The summed E-state index contributed by atoms with van der Waals surface area (Å²) in [5.74, 6) is 1.24. The van der Waals surface area contributed by atoms with Crippen LogP contribution in [0.25, 0.3) is 0 Å². The van der Waals surface area contributed by atoms with Crippen LogP contribution in [-0.2, 0) is 23.9 Å². The summed E-state index contributed by atoms with van der Waals surface area (Å²) >= 11 is 0. The smallest absolute Gasteiger partial charge is 0.417 e. The number of nitriles is 1. The SMILES string of the molecule is COc1nc2c(c(N3CC(C)CC(CC#N)C3)n1)COC(c1cc(N)cc(C)c1C(F)(F)F)C2.F/C=C1/CC2CCCN2C1. The molecule has 238 valence electrons. The van der Waals surface area contributed by atoms with E-state index in [0.29, 0.717) is 36.4 Å². The van der Waals surface area contributed by atoms with Gasteiger partial charge in [0.15, 0.2) is 0 Å². The second-order valence-electron chi connectivity index (χ2n) is 12.5. The van der Waals surface area contributed by atoms with E-state index in [0.717, 1.165) is 43.4 Å². The Kier molecular flexibility index (Phi) is 9.65. The lowest BCUT2D eigenvalue weighted by molar-refractivity contribution is -0.140. The van der Waals surface area contributed by atoms with Crippen LogP contribution in [0, 0.1) is 30.1 Å². The summed E-state index contributed by atoms with van der Waals surface area (Å²) in [4.78, 5) is 13.5. The van der Waals surface area contributed by atoms with Crippen LogP contribution in [0.3, 0.4) is 0 Å². The molecule has 3 fully saturated rings. The van der Waals surface area contributed by atoms with Crippen molar-refractivity contribution in [2.75, 3.05) is 43.9 Å². The highest BCUT2D eigenvalue weighted by atomic mass is 19.4. The van der Waals surface area contributed by atoms with Crippen molar-refractivity contribution in [3.63, 3.8) is 0 Å². The van der Waals surface area contributed by atoms with Crippen LogP contribution in [-0.4, -0.2) is 54.2 Å². The van der Waals surface area contributed by atoms with Crippen LogP contribution in [0.4, 0.5) is 29.1 Å². The molecule has 0 amide bonds. The largest absolute Gasteiger partial charge is 0.467 e. The Balaban J connectivity index is 0.000000322. The van der Waals surface area contributed by atoms with Crippen LogP contribution in [0.1, 0.15) is 73.1 Å². The van der Waals surface area contributed by atoms with Crippen molar-refractivity contribution < 1.29 is 27.0 Å². The minimum atomic E-state index is -4.54. The molecule has 1 aromatic carbocycles. The van der Waals surface area contributed by atoms with E-state index in [9.17, 15) is 17.6 Å². The van der Waals surface area contributed by atoms with Gasteiger partial charge in [0, 0.05) is 49.8 Å². The van der Waals surface area contributed by atoms with Gasteiger partial charge in [-0.15, -0.1) is 0 Å². The molecule has 5 heterocycles. The van der Waals surface area contributed by atoms with Crippen LogP contribution in [0.2, 0.25) is 0 Å². The van der Waals surface area contributed by atoms with E-state index in [1.165, 1.54) is 45.6 Å². The standard InChI is InChI=1S/C24H28F3N5O2.C8H12FN/c1-13-6-15(4-5-28)11-32(10-13)22-18-12-34-20(9-19(18)30-23(31-22)33-3)17-8-16(29)7-14(2)21(17)24(25,26)27;9-5-7-4-8-2-1-3-10(8)6-7/h7-8,13,15,20H,4,6,9-12,29H2,1-3H3;5,8H,1-4,6H2/b;7-5-. The van der Waals surface area contributed by atoms with Crippen molar-refractivity contribution in [1.82, 2.24) is 14.9 Å². The highest BCUT2D eigenvalue weighted by molar-refractivity contribution is 5.54. The summed E-state index contributed by atoms with van der Waals surface area (Å²) in [6, 6.07) is 5.75. The van der Waals surface area contributed by atoms with E-state index in [2.05, 4.69) is 32.8 Å². The number of piperidine rings is 1. The number of benzene rings is 1. The average molecular weight is 617 g/mol. The lowest BCUT2D eigenvalue weighted by atomic mass is 9.88. The molecule has 2 aromatic rings. The molecule has 3 saturated heterocycles. The summed E-state index contributed by atoms with van der Waals surface area (Å²) in [6.07, 6.45) is 0.519. The molecule has 0 aliphatic carbocycles. The fourth-order valence-corrected chi connectivity index (χ4v) is 7.24. The lowest BCUT2D eigenvalue weighted by Crippen LogP contribution is -2.41. The average Bonchev–Trinajstić information content (AvgIpc) is 3.58. The maximum atomic E-state index is 13.9. The second kappa shape index (κ2) is 13.3. The number of anilines is 2. The number of rotatable bonds is 4. The van der Waals surface area contributed by atoms with E-state index in [1.807, 2.05) is 0 Å². The summed E-state index contributed by atoms with van der Waals surface area (Å²) in [5, 5.41) is 9.17. The van der Waals surface area contributed by atoms with Gasteiger partial charge in [0.05, 0.1) is 43.5 Å². The Labute approximate surface area is 255 Å². The van der Waals surface area contributed by atoms with Gasteiger partial charge in [-0.05, 0) is 79.8 Å². The molecule has 4 aliphatic rings. The van der Waals surface area contributed by atoms with E-state index in [1.54, 1.807) is 0 Å². The van der Waals surface area contributed by atoms with Gasteiger partial charge in [-0.1, -0.05) is 6.92 Å². The van der Waals surface area contributed by atoms with Gasteiger partial charge in [-0.3, -0.25) is 4.90 Å². The third-order valence-corrected chi connectivity index (χ3v) is 9.04. The first-order chi connectivity index (χ1) is 21.0. The first-order valence-corrected chi connectivity index (χ1v) is 15.2. The maximum Gasteiger partial charge on any atom is 0.417 e. The first-order valence-electron chi connectivity index (χ1n) is 15.2. The number of ether oxygens (including phenoxy) is 2. The minimum absolute atomic E-state index is 0.00968. The van der Waals surface area contributed by atoms with Crippen LogP contribution < -0.4 is 15.4 Å². The Bertz CT molecular complexity index is 1410. The highest BCUT2D eigenvalue weighted by Gasteiger charge is 2.40. The van der Waals surface area contributed by atoms with Crippen molar-refractivity contribution in [3.05, 3.63) is 52.0 Å². The van der Waals surface area contributed by atoms with E-state index in [4.69, 9.17) is 20.5 Å². The molecule has 0 saturated carbocycles. The molecular weight excluding hydrogens is 576 g/mol. The molecule has 6 rings (SSSR count). The molecule has 8 nitrogen and oxygen atoms in total. The molecule has 2 N–H and O–H groups in total. The molecule has 12 heteroatoms. The zero-order valence-corrected chi connectivity index (χ0v) is 25.5. The number of methoxy groups -OCH3 is 1. The molecule has 4 atom stereocenters. The predicted molar refractivity (Wildman–Crippen MR) is 159 cm³/mol. The molecule has 1 aromatic heterocycles. The summed E-state index contributed by atoms with van der Waals surface area (Å²) in [6.45, 7) is 7.10. The fourth-order valence-electron chi connectivity index (χ4n) is 7.24. The molecular formula is C32H40F4N6O2. The van der Waals surface area contributed by atoms with Crippen molar-refractivity contribution >= 4 is 11.5 Å². The zero-order chi connectivity index (χ0) is 31.6. The Hall–Kier alpha value is -3.43. The van der Waals surface area contributed by atoms with E-state index < -0.39 is 17.8 Å². The Morgan fingerprint density at radius 1 is 1.23 bits per heavy atom. The Morgan fingerprint density at radius 3 is 2.70 bits per heavy atom. The van der Waals surface area contributed by atoms with Crippen LogP contribution in [0.5, 0.6) is 6.01 Å². The van der Waals surface area contributed by atoms with Gasteiger partial charge in [-0.2, -0.15) is 28.4 Å². The number of nitrogens with two attached hydrogens (primary N) is 1. The molecule has 0 radical (unpaired) electrons. The number of hydrogen-bond donors (Lipinski definition) is 1. The molecule has 44 heavy (non-hydrogen) atoms. The van der Waals surface area contributed by atoms with Gasteiger partial charge in [0.25, 0.3) is 0 Å². The van der Waals surface area contributed by atoms with E-state index >= 15 is 0 Å². The topological polar surface area (TPSA) is 101 Å². The van der Waals surface area contributed by atoms with Crippen molar-refractivity contribution in [2.24, 2.45) is 11.8 Å².